The van der Waals surface area contributed by atoms with E-state index in [1.54, 1.807) is 18.0 Å². The first kappa shape index (κ1) is 27.1. The second kappa shape index (κ2) is 13.5. The Morgan fingerprint density at radius 1 is 1.16 bits per heavy atom. The van der Waals surface area contributed by atoms with E-state index in [1.165, 1.54) is 18.2 Å². The lowest BCUT2D eigenvalue weighted by molar-refractivity contribution is 0.483. The van der Waals surface area contributed by atoms with Crippen molar-refractivity contribution in [2.75, 3.05) is 42.9 Å². The van der Waals surface area contributed by atoms with Gasteiger partial charge in [0.2, 0.25) is 17.8 Å². The number of benzene rings is 1. The predicted octanol–water partition coefficient (Wildman–Crippen LogP) is -0.229. The SMILES string of the molecule is CCCCNCNCN(C)c1nc(N)nc(Nc2cccc(S(=O)(=O)O)c2)n1.O=S(=O)=O. The second-order valence-electron chi connectivity index (χ2n) is 6.29. The van der Waals surface area contributed by atoms with Gasteiger partial charge in [0.1, 0.15) is 0 Å². The lowest BCUT2D eigenvalue weighted by Gasteiger charge is -2.18. The minimum Gasteiger partial charge on any atom is -0.368 e. The van der Waals surface area contributed by atoms with Crippen LogP contribution in [0.5, 0.6) is 0 Å². The van der Waals surface area contributed by atoms with E-state index in [1.807, 2.05) is 0 Å². The highest BCUT2D eigenvalue weighted by Gasteiger charge is 2.12. The summed E-state index contributed by atoms with van der Waals surface area (Å²) >= 11 is 0. The highest BCUT2D eigenvalue weighted by atomic mass is 32.2. The Kier molecular flexibility index (Phi) is 11.4. The molecule has 0 aliphatic carbocycles. The van der Waals surface area contributed by atoms with Crippen LogP contribution in [0.2, 0.25) is 0 Å². The van der Waals surface area contributed by atoms with Crippen molar-refractivity contribution < 1.29 is 25.6 Å². The Labute approximate surface area is 187 Å². The average molecular weight is 491 g/mol. The molecule has 178 valence electrons. The molecular weight excluding hydrogens is 464 g/mol. The molecule has 0 bridgehead atoms. The van der Waals surface area contributed by atoms with E-state index in [2.05, 4.69) is 37.8 Å². The number of nitrogen functional groups attached to an aromatic ring is 1. The first-order valence-electron chi connectivity index (χ1n) is 9.28. The molecule has 0 aliphatic rings. The summed E-state index contributed by atoms with van der Waals surface area (Å²) in [7, 11) is -5.62. The zero-order chi connectivity index (χ0) is 24.1. The summed E-state index contributed by atoms with van der Waals surface area (Å²) in [4.78, 5) is 13.9. The van der Waals surface area contributed by atoms with Crippen LogP contribution in [0.1, 0.15) is 19.8 Å². The van der Waals surface area contributed by atoms with Gasteiger partial charge in [-0.05, 0) is 31.2 Å². The molecule has 1 aromatic heterocycles. The summed E-state index contributed by atoms with van der Waals surface area (Å²) in [5, 5.41) is 9.35. The largest absolute Gasteiger partial charge is 0.425 e. The van der Waals surface area contributed by atoms with Crippen LogP contribution in [0.25, 0.3) is 0 Å². The normalized spacial score (nSPS) is 10.7. The van der Waals surface area contributed by atoms with Gasteiger partial charge in [-0.1, -0.05) is 19.4 Å². The van der Waals surface area contributed by atoms with Crippen molar-refractivity contribution in [1.82, 2.24) is 25.6 Å². The van der Waals surface area contributed by atoms with Crippen LogP contribution >= 0.6 is 0 Å². The van der Waals surface area contributed by atoms with Crippen LogP contribution in [0.3, 0.4) is 0 Å². The molecule has 0 atom stereocenters. The summed E-state index contributed by atoms with van der Waals surface area (Å²) in [6, 6.07) is 5.64. The van der Waals surface area contributed by atoms with Crippen molar-refractivity contribution in [1.29, 1.82) is 0 Å². The van der Waals surface area contributed by atoms with E-state index < -0.39 is 20.7 Å². The molecule has 6 N–H and O–H groups in total. The monoisotopic (exact) mass is 490 g/mol. The number of nitrogens with zero attached hydrogens (tertiary/aromatic N) is 4. The number of nitrogens with two attached hydrogens (primary N) is 1. The lowest BCUT2D eigenvalue weighted by atomic mass is 10.3. The Hall–Kier alpha value is -2.92. The molecule has 0 unspecified atom stereocenters. The highest BCUT2D eigenvalue weighted by Crippen LogP contribution is 2.19. The molecule has 14 nitrogen and oxygen atoms in total. The Morgan fingerprint density at radius 2 is 1.84 bits per heavy atom. The van der Waals surface area contributed by atoms with E-state index >= 15 is 0 Å². The maximum Gasteiger partial charge on any atom is 0.425 e. The zero-order valence-corrected chi connectivity index (χ0v) is 19.1. The van der Waals surface area contributed by atoms with Crippen LogP contribution in [0, 0.1) is 0 Å². The van der Waals surface area contributed by atoms with Gasteiger partial charge in [-0.3, -0.25) is 9.87 Å². The van der Waals surface area contributed by atoms with Crippen molar-refractivity contribution in [3.63, 3.8) is 0 Å². The molecule has 1 aromatic carbocycles. The van der Waals surface area contributed by atoms with E-state index in [-0.39, 0.29) is 16.8 Å². The van der Waals surface area contributed by atoms with Gasteiger partial charge in [0, 0.05) is 19.4 Å². The lowest BCUT2D eigenvalue weighted by Crippen LogP contribution is -2.38. The quantitative estimate of drug-likeness (QED) is 0.156. The molecule has 0 saturated carbocycles. The van der Waals surface area contributed by atoms with Crippen LogP contribution in [0.15, 0.2) is 29.2 Å². The van der Waals surface area contributed by atoms with Crippen LogP contribution in [-0.4, -0.2) is 67.5 Å². The van der Waals surface area contributed by atoms with Gasteiger partial charge in [0.05, 0.1) is 11.6 Å². The smallest absolute Gasteiger partial charge is 0.368 e. The molecule has 0 radical (unpaired) electrons. The van der Waals surface area contributed by atoms with Crippen molar-refractivity contribution in [2.45, 2.75) is 24.7 Å². The third-order valence-electron chi connectivity index (χ3n) is 3.68. The average Bonchev–Trinajstić information content (AvgIpc) is 2.69. The molecule has 2 rings (SSSR count). The maximum atomic E-state index is 11.3. The van der Waals surface area contributed by atoms with Gasteiger partial charge < -0.3 is 21.3 Å². The maximum absolute atomic E-state index is 11.3. The van der Waals surface area contributed by atoms with Gasteiger partial charge in [0.25, 0.3) is 10.1 Å². The van der Waals surface area contributed by atoms with Crippen molar-refractivity contribution in [3.8, 4) is 0 Å². The second-order valence-corrected chi connectivity index (χ2v) is 8.12. The third-order valence-corrected chi connectivity index (χ3v) is 4.53. The topological polar surface area (TPSA) is 210 Å². The summed E-state index contributed by atoms with van der Waals surface area (Å²) in [6.45, 7) is 4.22. The third kappa shape index (κ3) is 10.9. The molecule has 2 aromatic rings. The van der Waals surface area contributed by atoms with Gasteiger partial charge in [-0.25, -0.2) is 0 Å². The van der Waals surface area contributed by atoms with Gasteiger partial charge in [-0.15, -0.1) is 12.6 Å². The Balaban J connectivity index is 0.00000118. The number of unbranched alkanes of at least 4 members (excludes halogenated alkanes) is 1. The first-order chi connectivity index (χ1) is 15.0. The fourth-order valence-corrected chi connectivity index (χ4v) is 2.77. The Morgan fingerprint density at radius 3 is 2.47 bits per heavy atom. The minimum absolute atomic E-state index is 0.0198. The summed E-state index contributed by atoms with van der Waals surface area (Å²) in [6.07, 6.45) is 2.26. The number of aromatic nitrogens is 3. The number of hydrogen-bond acceptors (Lipinski definition) is 13. The van der Waals surface area contributed by atoms with Gasteiger partial charge >= 0.3 is 10.6 Å². The Bertz CT molecular complexity index is 1080. The van der Waals surface area contributed by atoms with E-state index in [4.69, 9.17) is 22.9 Å². The van der Waals surface area contributed by atoms with Crippen molar-refractivity contribution >= 4 is 44.3 Å². The van der Waals surface area contributed by atoms with Gasteiger partial charge in [0.15, 0.2) is 0 Å². The van der Waals surface area contributed by atoms with E-state index in [0.29, 0.717) is 25.0 Å². The predicted molar refractivity (Wildman–Crippen MR) is 118 cm³/mol. The number of rotatable bonds is 11. The highest BCUT2D eigenvalue weighted by molar-refractivity contribution is 7.85. The molecule has 0 amide bonds. The van der Waals surface area contributed by atoms with Gasteiger partial charge in [-0.2, -0.15) is 23.4 Å². The minimum atomic E-state index is -4.31. The number of anilines is 4. The number of hydrogen-bond donors (Lipinski definition) is 5. The molecule has 32 heavy (non-hydrogen) atoms. The molecule has 0 saturated heterocycles. The fourth-order valence-electron chi connectivity index (χ4n) is 2.24. The van der Waals surface area contributed by atoms with E-state index in [0.717, 1.165) is 19.4 Å². The molecule has 0 aliphatic heterocycles. The first-order valence-corrected chi connectivity index (χ1v) is 11.7. The molecule has 16 heteroatoms. The van der Waals surface area contributed by atoms with Crippen LogP contribution in [-0.2, 0) is 20.7 Å². The number of nitrogens with one attached hydrogen (secondary N) is 3. The van der Waals surface area contributed by atoms with E-state index in [9.17, 15) is 8.42 Å². The van der Waals surface area contributed by atoms with Crippen molar-refractivity contribution in [3.05, 3.63) is 24.3 Å². The zero-order valence-electron chi connectivity index (χ0n) is 17.5. The van der Waals surface area contributed by atoms with Crippen LogP contribution < -0.4 is 26.6 Å². The molecule has 0 spiro atoms. The standard InChI is InChI=1S/C16H26N8O3S.O3S/c1-3-4-8-18-10-19-11-24(2)16-22-14(17)21-15(23-16)20-12-6-5-7-13(9-12)28(25,26)27;1-4(2)3/h5-7,9,18-19H,3-4,8,10-11H2,1-2H3,(H,25,26,27)(H3,17,20,21,22,23);. The molecular formula is C16H26N8O6S2. The summed E-state index contributed by atoms with van der Waals surface area (Å²) in [5.41, 5.74) is 6.14. The fraction of sp³-hybridized carbons (Fsp3) is 0.438. The molecule has 1 heterocycles. The van der Waals surface area contributed by atoms with Crippen molar-refractivity contribution in [2.24, 2.45) is 0 Å². The summed E-state index contributed by atoms with van der Waals surface area (Å²) < 4.78 is 57.0. The molecule has 0 fully saturated rings. The van der Waals surface area contributed by atoms with Crippen LogP contribution in [0.4, 0.5) is 23.5 Å². The summed E-state index contributed by atoms with van der Waals surface area (Å²) in [5.74, 6) is 0.524.